The van der Waals surface area contributed by atoms with Gasteiger partial charge in [0, 0.05) is 24.7 Å². The maximum absolute atomic E-state index is 2.22. The van der Waals surface area contributed by atoms with Gasteiger partial charge in [0.1, 0.15) is 0 Å². The lowest BCUT2D eigenvalue weighted by atomic mass is 10.3. The number of nitrogens with zero attached hydrogens (tertiary/aromatic N) is 1. The predicted molar refractivity (Wildman–Crippen MR) is 57.2 cm³/mol. The van der Waals surface area contributed by atoms with Crippen molar-refractivity contribution in [2.24, 2.45) is 0 Å². The molecule has 0 unspecified atom stereocenters. The summed E-state index contributed by atoms with van der Waals surface area (Å²) < 4.78 is 0. The van der Waals surface area contributed by atoms with Crippen molar-refractivity contribution < 1.29 is 0 Å². The molecule has 1 aromatic rings. The largest absolute Gasteiger partial charge is 0.378 e. The van der Waals surface area contributed by atoms with Crippen LogP contribution in [0.25, 0.3) is 0 Å². The number of thioether (sulfide) groups is 1. The summed E-state index contributed by atoms with van der Waals surface area (Å²) in [6.07, 6.45) is 0. The van der Waals surface area contributed by atoms with Crippen molar-refractivity contribution in [2.45, 2.75) is 11.8 Å². The zero-order valence-electron chi connectivity index (χ0n) is 7.87. The van der Waals surface area contributed by atoms with Crippen molar-refractivity contribution in [3.63, 3.8) is 0 Å². The molecule has 0 N–H and O–H groups in total. The van der Waals surface area contributed by atoms with Gasteiger partial charge in [-0.25, -0.2) is 0 Å². The van der Waals surface area contributed by atoms with Crippen LogP contribution in [0.4, 0.5) is 5.69 Å². The van der Waals surface area contributed by atoms with E-state index in [1.165, 1.54) is 10.6 Å². The Morgan fingerprint density at radius 3 is 2.67 bits per heavy atom. The summed E-state index contributed by atoms with van der Waals surface area (Å²) in [5, 5.41) is 0. The van der Waals surface area contributed by atoms with Crippen molar-refractivity contribution in [1.82, 2.24) is 0 Å². The molecule has 0 saturated carbocycles. The van der Waals surface area contributed by atoms with Gasteiger partial charge >= 0.3 is 0 Å². The highest BCUT2D eigenvalue weighted by Gasteiger charge is 1.96. The lowest BCUT2D eigenvalue weighted by Gasteiger charge is -2.12. The standard InChI is InChI=1S/C10H15NS/c1-4-12-10-7-5-6-9(8-10)11(2)3/h5-8H,4H2,1-3H3. The molecule has 1 nitrogen and oxygen atoms in total. The molecule has 0 aromatic heterocycles. The molecule has 12 heavy (non-hydrogen) atoms. The summed E-state index contributed by atoms with van der Waals surface area (Å²) in [7, 11) is 4.13. The Kier molecular flexibility index (Phi) is 3.48. The molecule has 0 fully saturated rings. The summed E-state index contributed by atoms with van der Waals surface area (Å²) in [6, 6.07) is 8.60. The zero-order chi connectivity index (χ0) is 8.97. The third-order valence-electron chi connectivity index (χ3n) is 1.65. The second-order valence-electron chi connectivity index (χ2n) is 2.82. The molecule has 2 heteroatoms. The normalized spacial score (nSPS) is 9.92. The zero-order valence-corrected chi connectivity index (χ0v) is 8.69. The molecule has 66 valence electrons. The predicted octanol–water partition coefficient (Wildman–Crippen LogP) is 2.86. The minimum Gasteiger partial charge on any atom is -0.378 e. The van der Waals surface area contributed by atoms with Crippen LogP contribution in [0.5, 0.6) is 0 Å². The molecule has 0 aliphatic heterocycles. The van der Waals surface area contributed by atoms with Gasteiger partial charge in [0.2, 0.25) is 0 Å². The second kappa shape index (κ2) is 4.41. The van der Waals surface area contributed by atoms with Gasteiger partial charge in [0.05, 0.1) is 0 Å². The summed E-state index contributed by atoms with van der Waals surface area (Å²) in [5.41, 5.74) is 1.27. The highest BCUT2D eigenvalue weighted by molar-refractivity contribution is 7.99. The number of anilines is 1. The van der Waals surface area contributed by atoms with Crippen molar-refractivity contribution in [3.8, 4) is 0 Å². The second-order valence-corrected chi connectivity index (χ2v) is 4.16. The summed E-state index contributed by atoms with van der Waals surface area (Å²) in [4.78, 5) is 3.48. The van der Waals surface area contributed by atoms with E-state index < -0.39 is 0 Å². The van der Waals surface area contributed by atoms with Gasteiger partial charge in [-0.15, -0.1) is 11.8 Å². The summed E-state index contributed by atoms with van der Waals surface area (Å²) in [5.74, 6) is 1.14. The van der Waals surface area contributed by atoms with Crippen molar-refractivity contribution >= 4 is 17.4 Å². The average Bonchev–Trinajstić information content (AvgIpc) is 2.05. The molecule has 0 spiro atoms. The fraction of sp³-hybridized carbons (Fsp3) is 0.400. The maximum Gasteiger partial charge on any atom is 0.0372 e. The van der Waals surface area contributed by atoms with E-state index in [0.717, 1.165) is 5.75 Å². The number of rotatable bonds is 3. The highest BCUT2D eigenvalue weighted by atomic mass is 32.2. The smallest absolute Gasteiger partial charge is 0.0372 e. The van der Waals surface area contributed by atoms with Crippen LogP contribution in [-0.4, -0.2) is 19.8 Å². The van der Waals surface area contributed by atoms with E-state index in [9.17, 15) is 0 Å². The molecule has 0 radical (unpaired) electrons. The van der Waals surface area contributed by atoms with Gasteiger partial charge < -0.3 is 4.90 Å². The minimum atomic E-state index is 1.14. The monoisotopic (exact) mass is 181 g/mol. The summed E-state index contributed by atoms with van der Waals surface area (Å²) >= 11 is 1.88. The van der Waals surface area contributed by atoms with Gasteiger partial charge in [0.25, 0.3) is 0 Å². The molecular weight excluding hydrogens is 166 g/mol. The van der Waals surface area contributed by atoms with Crippen molar-refractivity contribution in [1.29, 1.82) is 0 Å². The molecule has 1 aromatic carbocycles. The molecule has 0 bridgehead atoms. The average molecular weight is 181 g/mol. The first-order valence-corrected chi connectivity index (χ1v) is 5.12. The Labute approximate surface area is 78.8 Å². The Bertz CT molecular complexity index is 245. The quantitative estimate of drug-likeness (QED) is 0.660. The molecule has 0 heterocycles. The fourth-order valence-electron chi connectivity index (χ4n) is 1.02. The van der Waals surface area contributed by atoms with E-state index in [0.29, 0.717) is 0 Å². The van der Waals surface area contributed by atoms with Crippen LogP contribution >= 0.6 is 11.8 Å². The molecule has 0 atom stereocenters. The van der Waals surface area contributed by atoms with Crippen LogP contribution in [0.15, 0.2) is 29.2 Å². The molecule has 0 amide bonds. The van der Waals surface area contributed by atoms with E-state index in [2.05, 4.69) is 50.2 Å². The van der Waals surface area contributed by atoms with Crippen LogP contribution in [-0.2, 0) is 0 Å². The molecule has 1 rings (SSSR count). The van der Waals surface area contributed by atoms with Gasteiger partial charge in [-0.2, -0.15) is 0 Å². The molecular formula is C10H15NS. The Balaban J connectivity index is 2.81. The maximum atomic E-state index is 2.22. The topological polar surface area (TPSA) is 3.24 Å². The third-order valence-corrected chi connectivity index (χ3v) is 2.52. The Hall–Kier alpha value is -0.630. The third kappa shape index (κ3) is 2.45. The van der Waals surface area contributed by atoms with Gasteiger partial charge in [0.15, 0.2) is 0 Å². The molecule has 0 aliphatic carbocycles. The Morgan fingerprint density at radius 2 is 2.08 bits per heavy atom. The van der Waals surface area contributed by atoms with Crippen LogP contribution in [0.1, 0.15) is 6.92 Å². The van der Waals surface area contributed by atoms with Gasteiger partial charge in [-0.3, -0.25) is 0 Å². The van der Waals surface area contributed by atoms with E-state index in [-0.39, 0.29) is 0 Å². The van der Waals surface area contributed by atoms with Crippen LogP contribution in [0.3, 0.4) is 0 Å². The van der Waals surface area contributed by atoms with E-state index >= 15 is 0 Å². The first-order valence-electron chi connectivity index (χ1n) is 4.14. The Morgan fingerprint density at radius 1 is 1.33 bits per heavy atom. The van der Waals surface area contributed by atoms with Crippen LogP contribution in [0, 0.1) is 0 Å². The lowest BCUT2D eigenvalue weighted by molar-refractivity contribution is 1.12. The van der Waals surface area contributed by atoms with Gasteiger partial charge in [-0.05, 0) is 24.0 Å². The molecule has 0 saturated heterocycles. The molecule has 0 aliphatic rings. The lowest BCUT2D eigenvalue weighted by Crippen LogP contribution is -2.08. The van der Waals surface area contributed by atoms with E-state index in [1.807, 2.05) is 11.8 Å². The van der Waals surface area contributed by atoms with E-state index in [1.54, 1.807) is 0 Å². The number of hydrogen-bond donors (Lipinski definition) is 0. The number of benzene rings is 1. The van der Waals surface area contributed by atoms with Crippen molar-refractivity contribution in [2.75, 3.05) is 24.7 Å². The fourth-order valence-corrected chi connectivity index (χ4v) is 1.73. The van der Waals surface area contributed by atoms with Crippen LogP contribution < -0.4 is 4.90 Å². The highest BCUT2D eigenvalue weighted by Crippen LogP contribution is 2.22. The van der Waals surface area contributed by atoms with E-state index in [4.69, 9.17) is 0 Å². The number of hydrogen-bond acceptors (Lipinski definition) is 2. The SMILES string of the molecule is CCSc1cccc(N(C)C)c1. The summed E-state index contributed by atoms with van der Waals surface area (Å²) in [6.45, 7) is 2.17. The minimum absolute atomic E-state index is 1.14. The first kappa shape index (κ1) is 9.46. The van der Waals surface area contributed by atoms with Crippen LogP contribution in [0.2, 0.25) is 0 Å². The van der Waals surface area contributed by atoms with Gasteiger partial charge in [-0.1, -0.05) is 13.0 Å². The van der Waals surface area contributed by atoms with Crippen molar-refractivity contribution in [3.05, 3.63) is 24.3 Å². The first-order chi connectivity index (χ1) is 5.74.